The summed E-state index contributed by atoms with van der Waals surface area (Å²) in [7, 11) is 0. The molecule has 2 aromatic heterocycles. The number of rotatable bonds is 4. The summed E-state index contributed by atoms with van der Waals surface area (Å²) < 4.78 is 25.8. The summed E-state index contributed by atoms with van der Waals surface area (Å²) in [5, 5.41) is 9.05. The van der Waals surface area contributed by atoms with E-state index in [9.17, 15) is 13.6 Å². The molecule has 2 heterocycles. The zero-order chi connectivity index (χ0) is 16.7. The highest BCUT2D eigenvalue weighted by molar-refractivity contribution is 7.13. The lowest BCUT2D eigenvalue weighted by Crippen LogP contribution is -2.40. The molecule has 0 amide bonds. The molecule has 7 heteroatoms. The molecule has 0 saturated heterocycles. The number of hydrogen-bond acceptors (Lipinski definition) is 5. The Labute approximate surface area is 140 Å². The van der Waals surface area contributed by atoms with Crippen LogP contribution in [0.15, 0.2) is 36.0 Å². The smallest absolute Gasteiger partial charge is 0.249 e. The second kappa shape index (κ2) is 5.66. The van der Waals surface area contributed by atoms with Crippen LogP contribution in [0.1, 0.15) is 18.5 Å². The zero-order valence-corrected chi connectivity index (χ0v) is 13.4. The minimum Gasteiger partial charge on any atom is -0.299 e. The molecule has 0 bridgehead atoms. The number of halogens is 2. The molecule has 1 saturated carbocycles. The van der Waals surface area contributed by atoms with Gasteiger partial charge < -0.3 is 0 Å². The van der Waals surface area contributed by atoms with E-state index in [1.165, 1.54) is 0 Å². The van der Waals surface area contributed by atoms with Crippen molar-refractivity contribution in [2.75, 3.05) is 0 Å². The molecule has 0 spiro atoms. The summed E-state index contributed by atoms with van der Waals surface area (Å²) in [6.07, 6.45) is 1.15. The third-order valence-electron chi connectivity index (χ3n) is 4.25. The Balaban J connectivity index is 1.57. The average molecular weight is 345 g/mol. The Hall–Kier alpha value is -2.28. The Kier molecular flexibility index (Phi) is 3.60. The highest BCUT2D eigenvalue weighted by Crippen LogP contribution is 2.43. The Bertz CT molecular complexity index is 903. The van der Waals surface area contributed by atoms with Crippen molar-refractivity contribution in [1.29, 1.82) is 0 Å². The van der Waals surface area contributed by atoms with E-state index in [0.717, 1.165) is 21.3 Å². The molecule has 3 aromatic rings. The summed E-state index contributed by atoms with van der Waals surface area (Å²) >= 11 is 1.54. The van der Waals surface area contributed by atoms with E-state index in [0.29, 0.717) is 5.69 Å². The Morgan fingerprint density at radius 1 is 1.25 bits per heavy atom. The predicted octanol–water partition coefficient (Wildman–Crippen LogP) is 3.91. The molecule has 0 radical (unpaired) electrons. The normalized spacial score (nSPS) is 16.9. The van der Waals surface area contributed by atoms with Crippen molar-refractivity contribution >= 4 is 28.0 Å². The minimum atomic E-state index is -2.68. The van der Waals surface area contributed by atoms with Gasteiger partial charge in [-0.3, -0.25) is 9.78 Å². The van der Waals surface area contributed by atoms with Crippen LogP contribution in [0.25, 0.3) is 21.3 Å². The van der Waals surface area contributed by atoms with Crippen molar-refractivity contribution in [1.82, 2.24) is 15.2 Å². The second-order valence-corrected chi connectivity index (χ2v) is 6.97. The predicted molar refractivity (Wildman–Crippen MR) is 87.0 cm³/mol. The maximum Gasteiger partial charge on any atom is 0.249 e. The molecule has 122 valence electrons. The molecule has 1 fully saturated rings. The highest BCUT2D eigenvalue weighted by Gasteiger charge is 2.48. The largest absolute Gasteiger partial charge is 0.299 e. The molecule has 0 aliphatic heterocycles. The van der Waals surface area contributed by atoms with Crippen molar-refractivity contribution in [2.45, 2.75) is 25.2 Å². The van der Waals surface area contributed by atoms with E-state index in [1.54, 1.807) is 23.0 Å². The van der Waals surface area contributed by atoms with Crippen LogP contribution in [0.2, 0.25) is 0 Å². The molecule has 24 heavy (non-hydrogen) atoms. The number of Topliss-reactive ketones (excluding diaryl/α,β-unsaturated/α-hetero) is 1. The number of hydrogen-bond donors (Lipinski definition) is 0. The average Bonchev–Trinajstić information content (AvgIpc) is 3.06. The van der Waals surface area contributed by atoms with Crippen LogP contribution in [0.4, 0.5) is 8.78 Å². The summed E-state index contributed by atoms with van der Waals surface area (Å²) in [5.74, 6) is -3.42. The molecular formula is C17H13F2N3OS. The van der Waals surface area contributed by atoms with Gasteiger partial charge in [0.1, 0.15) is 5.78 Å². The summed E-state index contributed by atoms with van der Waals surface area (Å²) in [6, 6.07) is 7.60. The van der Waals surface area contributed by atoms with Gasteiger partial charge in [-0.1, -0.05) is 6.07 Å². The number of thiazole rings is 1. The Morgan fingerprint density at radius 3 is 2.79 bits per heavy atom. The van der Waals surface area contributed by atoms with E-state index < -0.39 is 11.8 Å². The van der Waals surface area contributed by atoms with Crippen LogP contribution >= 0.6 is 11.3 Å². The zero-order valence-electron chi connectivity index (χ0n) is 12.6. The minimum absolute atomic E-state index is 0.0501. The number of aromatic nitrogens is 3. The second-order valence-electron chi connectivity index (χ2n) is 6.08. The number of ketones is 1. The lowest BCUT2D eigenvalue weighted by atomic mass is 9.77. The number of fused-ring (bicyclic) bond motifs is 1. The van der Waals surface area contributed by atoms with Crippen LogP contribution < -0.4 is 0 Å². The molecule has 4 rings (SSSR count). The summed E-state index contributed by atoms with van der Waals surface area (Å²) in [4.78, 5) is 17.2. The van der Waals surface area contributed by atoms with Gasteiger partial charge in [0, 0.05) is 30.3 Å². The summed E-state index contributed by atoms with van der Waals surface area (Å²) in [5.41, 5.74) is 4.04. The van der Waals surface area contributed by atoms with Crippen molar-refractivity contribution in [3.63, 3.8) is 0 Å². The third kappa shape index (κ3) is 2.91. The van der Waals surface area contributed by atoms with E-state index in [-0.39, 0.29) is 25.0 Å². The maximum absolute atomic E-state index is 12.9. The topological polar surface area (TPSA) is 55.7 Å². The number of alkyl halides is 2. The first-order valence-electron chi connectivity index (χ1n) is 7.56. The molecule has 0 atom stereocenters. The van der Waals surface area contributed by atoms with E-state index in [2.05, 4.69) is 15.2 Å². The van der Waals surface area contributed by atoms with Gasteiger partial charge in [-0.15, -0.1) is 11.3 Å². The standard InChI is InChI=1S/C17H13F2N3OS/c18-17(19)6-12(7-17)15(23)5-13-4-11-3-10(16-8-20-9-24-16)1-2-14(11)22-21-13/h1-4,8-9,12H,5-7H2. The molecule has 0 N–H and O–H groups in total. The Morgan fingerprint density at radius 2 is 2.08 bits per heavy atom. The van der Waals surface area contributed by atoms with Gasteiger partial charge in [-0.25, -0.2) is 8.78 Å². The molecule has 4 nitrogen and oxygen atoms in total. The summed E-state index contributed by atoms with van der Waals surface area (Å²) in [6.45, 7) is 0. The molecule has 1 aromatic carbocycles. The lowest BCUT2D eigenvalue weighted by molar-refractivity contribution is -0.147. The lowest BCUT2D eigenvalue weighted by Gasteiger charge is -2.33. The number of nitrogens with zero attached hydrogens (tertiary/aromatic N) is 3. The first-order valence-corrected chi connectivity index (χ1v) is 8.44. The maximum atomic E-state index is 12.9. The van der Waals surface area contributed by atoms with E-state index in [1.807, 2.05) is 24.3 Å². The van der Waals surface area contributed by atoms with Crippen LogP contribution in [0.5, 0.6) is 0 Å². The quantitative estimate of drug-likeness (QED) is 0.719. The number of carbonyl (C=O) groups is 1. The van der Waals surface area contributed by atoms with Gasteiger partial charge in [-0.05, 0) is 23.8 Å². The number of benzene rings is 1. The van der Waals surface area contributed by atoms with E-state index >= 15 is 0 Å². The molecular weight excluding hydrogens is 332 g/mol. The molecule has 0 unspecified atom stereocenters. The van der Waals surface area contributed by atoms with Crippen LogP contribution in [0, 0.1) is 5.92 Å². The van der Waals surface area contributed by atoms with E-state index in [4.69, 9.17) is 0 Å². The first-order chi connectivity index (χ1) is 11.5. The van der Waals surface area contributed by atoms with Crippen LogP contribution in [-0.2, 0) is 11.2 Å². The third-order valence-corrected chi connectivity index (χ3v) is 5.08. The van der Waals surface area contributed by atoms with Gasteiger partial charge in [0.25, 0.3) is 0 Å². The van der Waals surface area contributed by atoms with Crippen molar-refractivity contribution < 1.29 is 13.6 Å². The van der Waals surface area contributed by atoms with Crippen LogP contribution in [-0.4, -0.2) is 26.9 Å². The molecule has 1 aliphatic carbocycles. The van der Waals surface area contributed by atoms with Gasteiger partial charge >= 0.3 is 0 Å². The first kappa shape index (κ1) is 15.3. The van der Waals surface area contributed by atoms with Gasteiger partial charge in [-0.2, -0.15) is 10.2 Å². The highest BCUT2D eigenvalue weighted by atomic mass is 32.1. The fourth-order valence-corrected chi connectivity index (χ4v) is 3.52. The fourth-order valence-electron chi connectivity index (χ4n) is 2.90. The van der Waals surface area contributed by atoms with Crippen LogP contribution in [0.3, 0.4) is 0 Å². The van der Waals surface area contributed by atoms with Crippen molar-refractivity contribution in [3.8, 4) is 10.4 Å². The fraction of sp³-hybridized carbons (Fsp3) is 0.294. The van der Waals surface area contributed by atoms with Gasteiger partial charge in [0.15, 0.2) is 0 Å². The molecule has 1 aliphatic rings. The van der Waals surface area contributed by atoms with Crippen molar-refractivity contribution in [3.05, 3.63) is 41.7 Å². The van der Waals surface area contributed by atoms with Gasteiger partial charge in [0.05, 0.1) is 28.0 Å². The van der Waals surface area contributed by atoms with Gasteiger partial charge in [0.2, 0.25) is 5.92 Å². The monoisotopic (exact) mass is 345 g/mol. The number of carbonyl (C=O) groups excluding carboxylic acids is 1. The SMILES string of the molecule is O=C(Cc1cc2cc(-c3cncs3)ccc2nn1)C1CC(F)(F)C1. The van der Waals surface area contributed by atoms with Crippen molar-refractivity contribution in [2.24, 2.45) is 5.92 Å².